The first-order valence-electron chi connectivity index (χ1n) is 8.75. The fourth-order valence-electron chi connectivity index (χ4n) is 3.40. The second-order valence-electron chi connectivity index (χ2n) is 6.53. The number of hydrogen-bond acceptors (Lipinski definition) is 1. The summed E-state index contributed by atoms with van der Waals surface area (Å²) in [6.45, 7) is 0. The summed E-state index contributed by atoms with van der Waals surface area (Å²) in [5.41, 5.74) is 1.24. The molecule has 2 rings (SSSR count). The number of unbranched alkanes of at least 4 members (excludes halogenated alkanes) is 1. The van der Waals surface area contributed by atoms with Gasteiger partial charge in [-0.1, -0.05) is 43.2 Å². The lowest BCUT2D eigenvalue weighted by Gasteiger charge is -2.26. The van der Waals surface area contributed by atoms with Crippen molar-refractivity contribution < 1.29 is 4.39 Å². The highest BCUT2D eigenvalue weighted by molar-refractivity contribution is 5.16. The molecule has 0 aliphatic heterocycles. The Morgan fingerprint density at radius 3 is 2.48 bits per heavy atom. The number of hydrogen-bond donors (Lipinski definition) is 0. The molecule has 1 saturated carbocycles. The van der Waals surface area contributed by atoms with E-state index in [0.717, 1.165) is 12.3 Å². The zero-order chi connectivity index (χ0) is 16.3. The van der Waals surface area contributed by atoms with Crippen LogP contribution in [0.15, 0.2) is 48.6 Å². The molecule has 1 aromatic rings. The van der Waals surface area contributed by atoms with E-state index in [1.165, 1.54) is 56.6 Å². The number of halogens is 1. The number of allylic oxidation sites excluding steroid dienone is 4. The number of aryl methyl sites for hydroxylation is 1. The fourth-order valence-corrected chi connectivity index (χ4v) is 3.40. The van der Waals surface area contributed by atoms with Crippen molar-refractivity contribution in [1.29, 1.82) is 5.26 Å². The Balaban J connectivity index is 1.58. The first-order valence-corrected chi connectivity index (χ1v) is 8.75. The van der Waals surface area contributed by atoms with Crippen molar-refractivity contribution in [1.82, 2.24) is 0 Å². The summed E-state index contributed by atoms with van der Waals surface area (Å²) < 4.78 is 12.8. The SMILES string of the molecule is N#CC=CC=CC1CCC(CCCCc2ccc(F)cc2)CC1. The Hall–Kier alpha value is -1.88. The monoisotopic (exact) mass is 311 g/mol. The summed E-state index contributed by atoms with van der Waals surface area (Å²) >= 11 is 0. The average Bonchev–Trinajstić information content (AvgIpc) is 2.58. The maximum Gasteiger partial charge on any atom is 0.123 e. The zero-order valence-corrected chi connectivity index (χ0v) is 13.8. The van der Waals surface area contributed by atoms with Gasteiger partial charge in [0.25, 0.3) is 0 Å². The van der Waals surface area contributed by atoms with Gasteiger partial charge in [0.15, 0.2) is 0 Å². The van der Waals surface area contributed by atoms with Gasteiger partial charge in [-0.2, -0.15) is 5.26 Å². The predicted octanol–water partition coefficient (Wildman–Crippen LogP) is 5.98. The van der Waals surface area contributed by atoms with Crippen LogP contribution in [0.5, 0.6) is 0 Å². The Kier molecular flexibility index (Phi) is 7.60. The van der Waals surface area contributed by atoms with E-state index in [9.17, 15) is 4.39 Å². The Bertz CT molecular complexity index is 542. The maximum atomic E-state index is 12.8. The lowest BCUT2D eigenvalue weighted by atomic mass is 9.79. The molecule has 0 spiro atoms. The van der Waals surface area contributed by atoms with Gasteiger partial charge in [0.1, 0.15) is 5.82 Å². The number of nitriles is 1. The van der Waals surface area contributed by atoms with Crippen molar-refractivity contribution >= 4 is 0 Å². The van der Waals surface area contributed by atoms with E-state index < -0.39 is 0 Å². The minimum Gasteiger partial charge on any atom is -0.207 e. The zero-order valence-electron chi connectivity index (χ0n) is 13.8. The van der Waals surface area contributed by atoms with Gasteiger partial charge in [0.2, 0.25) is 0 Å². The molecule has 1 fully saturated rings. The molecule has 2 heteroatoms. The highest BCUT2D eigenvalue weighted by Gasteiger charge is 2.18. The largest absolute Gasteiger partial charge is 0.207 e. The van der Waals surface area contributed by atoms with Gasteiger partial charge >= 0.3 is 0 Å². The van der Waals surface area contributed by atoms with Crippen LogP contribution >= 0.6 is 0 Å². The van der Waals surface area contributed by atoms with Crippen LogP contribution in [0.25, 0.3) is 0 Å². The number of nitrogens with zero attached hydrogens (tertiary/aromatic N) is 1. The Morgan fingerprint density at radius 1 is 1.04 bits per heavy atom. The number of benzene rings is 1. The van der Waals surface area contributed by atoms with Crippen LogP contribution in [0.4, 0.5) is 4.39 Å². The quantitative estimate of drug-likeness (QED) is 0.345. The topological polar surface area (TPSA) is 23.8 Å². The molecule has 1 aromatic carbocycles. The van der Waals surface area contributed by atoms with Crippen molar-refractivity contribution in [2.24, 2.45) is 11.8 Å². The van der Waals surface area contributed by atoms with E-state index in [2.05, 4.69) is 6.08 Å². The molecule has 0 aromatic heterocycles. The van der Waals surface area contributed by atoms with Crippen LogP contribution < -0.4 is 0 Å². The molecule has 0 N–H and O–H groups in total. The van der Waals surface area contributed by atoms with Gasteiger partial charge in [0, 0.05) is 6.08 Å². The van der Waals surface area contributed by atoms with Crippen molar-refractivity contribution in [3.63, 3.8) is 0 Å². The molecule has 0 atom stereocenters. The van der Waals surface area contributed by atoms with Crippen LogP contribution in [0.3, 0.4) is 0 Å². The van der Waals surface area contributed by atoms with Gasteiger partial charge in [-0.25, -0.2) is 4.39 Å². The second kappa shape index (κ2) is 10.0. The highest BCUT2D eigenvalue weighted by atomic mass is 19.1. The van der Waals surface area contributed by atoms with Crippen LogP contribution in [-0.4, -0.2) is 0 Å². The molecule has 23 heavy (non-hydrogen) atoms. The van der Waals surface area contributed by atoms with Crippen LogP contribution in [0, 0.1) is 29.0 Å². The van der Waals surface area contributed by atoms with E-state index in [4.69, 9.17) is 5.26 Å². The van der Waals surface area contributed by atoms with E-state index in [-0.39, 0.29) is 5.82 Å². The lowest BCUT2D eigenvalue weighted by molar-refractivity contribution is 0.289. The third kappa shape index (κ3) is 6.82. The summed E-state index contributed by atoms with van der Waals surface area (Å²) in [6.07, 6.45) is 17.7. The molecular weight excluding hydrogens is 285 g/mol. The molecule has 0 bridgehead atoms. The second-order valence-corrected chi connectivity index (χ2v) is 6.53. The van der Waals surface area contributed by atoms with E-state index in [0.29, 0.717) is 5.92 Å². The van der Waals surface area contributed by atoms with E-state index >= 15 is 0 Å². The lowest BCUT2D eigenvalue weighted by Crippen LogP contribution is -2.13. The van der Waals surface area contributed by atoms with E-state index in [1.54, 1.807) is 12.1 Å². The predicted molar refractivity (Wildman–Crippen MR) is 93.3 cm³/mol. The average molecular weight is 311 g/mol. The van der Waals surface area contributed by atoms with Gasteiger partial charge in [-0.05, 0) is 68.1 Å². The minimum atomic E-state index is -0.150. The summed E-state index contributed by atoms with van der Waals surface area (Å²) in [5, 5.41) is 8.44. The Labute approximate surface area is 139 Å². The minimum absolute atomic E-state index is 0.150. The highest BCUT2D eigenvalue weighted by Crippen LogP contribution is 2.32. The smallest absolute Gasteiger partial charge is 0.123 e. The first-order chi connectivity index (χ1) is 11.3. The molecular formula is C21H26FN. The molecule has 1 aliphatic carbocycles. The van der Waals surface area contributed by atoms with Gasteiger partial charge in [-0.3, -0.25) is 0 Å². The Morgan fingerprint density at radius 2 is 1.78 bits per heavy atom. The number of rotatable bonds is 7. The third-order valence-corrected chi connectivity index (χ3v) is 4.80. The van der Waals surface area contributed by atoms with Gasteiger partial charge in [0.05, 0.1) is 6.07 Å². The van der Waals surface area contributed by atoms with Crippen LogP contribution in [0.2, 0.25) is 0 Å². The van der Waals surface area contributed by atoms with Gasteiger partial charge in [-0.15, -0.1) is 0 Å². The molecule has 0 amide bonds. The maximum absolute atomic E-state index is 12.8. The first kappa shape index (κ1) is 17.5. The molecule has 1 aliphatic rings. The molecule has 0 radical (unpaired) electrons. The fraction of sp³-hybridized carbons (Fsp3) is 0.476. The summed E-state index contributed by atoms with van der Waals surface area (Å²) in [7, 11) is 0. The van der Waals surface area contributed by atoms with Crippen LogP contribution in [-0.2, 0) is 6.42 Å². The molecule has 0 heterocycles. The molecule has 1 nitrogen and oxygen atoms in total. The van der Waals surface area contributed by atoms with Crippen molar-refractivity contribution in [3.05, 3.63) is 60.0 Å². The molecule has 0 unspecified atom stereocenters. The molecule has 122 valence electrons. The van der Waals surface area contributed by atoms with Crippen molar-refractivity contribution in [3.8, 4) is 6.07 Å². The molecule has 0 saturated heterocycles. The standard InChI is InChI=1S/C21H26FN/c22-21-15-13-20(14-16-21)8-4-3-7-19-11-9-18(10-12-19)6-2-1-5-17-23/h1-2,5-6,13-16,18-19H,3-4,7-12H2. The van der Waals surface area contributed by atoms with Crippen molar-refractivity contribution in [2.75, 3.05) is 0 Å². The van der Waals surface area contributed by atoms with Crippen molar-refractivity contribution in [2.45, 2.75) is 51.4 Å². The van der Waals surface area contributed by atoms with Crippen LogP contribution in [0.1, 0.15) is 50.5 Å². The third-order valence-electron chi connectivity index (χ3n) is 4.80. The van der Waals surface area contributed by atoms with E-state index in [1.807, 2.05) is 30.4 Å². The van der Waals surface area contributed by atoms with Gasteiger partial charge < -0.3 is 0 Å². The summed E-state index contributed by atoms with van der Waals surface area (Å²) in [6, 6.07) is 8.90. The summed E-state index contributed by atoms with van der Waals surface area (Å²) in [4.78, 5) is 0. The summed E-state index contributed by atoms with van der Waals surface area (Å²) in [5.74, 6) is 1.42. The normalized spacial score (nSPS) is 21.7.